The van der Waals surface area contributed by atoms with E-state index in [4.69, 9.17) is 4.42 Å². The molecule has 0 radical (unpaired) electrons. The molecular weight excluding hydrogens is 373 g/mol. The number of hydrogen-bond donors (Lipinski definition) is 1. The number of carbonyl (C=O) groups excluding carboxylic acids is 1. The molecule has 1 aromatic heterocycles. The van der Waals surface area contributed by atoms with Gasteiger partial charge in [0.15, 0.2) is 0 Å². The van der Waals surface area contributed by atoms with Crippen molar-refractivity contribution in [2.24, 2.45) is 0 Å². The van der Waals surface area contributed by atoms with E-state index in [0.29, 0.717) is 0 Å². The highest BCUT2D eigenvalue weighted by Crippen LogP contribution is 2.20. The summed E-state index contributed by atoms with van der Waals surface area (Å²) in [5.41, 5.74) is 0.983. The van der Waals surface area contributed by atoms with Gasteiger partial charge in [-0.05, 0) is 23.8 Å². The number of hydrogen-bond acceptors (Lipinski definition) is 6. The first-order chi connectivity index (χ1) is 12.8. The summed E-state index contributed by atoms with van der Waals surface area (Å²) in [5, 5.41) is 9.45. The molecule has 1 atom stereocenters. The average Bonchev–Trinajstić information content (AvgIpc) is 3.12. The van der Waals surface area contributed by atoms with Crippen molar-refractivity contribution in [3.8, 4) is 0 Å². The van der Waals surface area contributed by atoms with Gasteiger partial charge in [0.1, 0.15) is 11.9 Å². The van der Waals surface area contributed by atoms with Crippen molar-refractivity contribution in [1.82, 2.24) is 15.5 Å². The van der Waals surface area contributed by atoms with Crippen LogP contribution in [0.1, 0.15) is 27.9 Å². The topological polar surface area (TPSA) is 102 Å². The van der Waals surface area contributed by atoms with E-state index in [9.17, 15) is 17.6 Å². The molecule has 0 bridgehead atoms. The maximum Gasteiger partial charge on any atom is 0.335 e. The first-order valence-electron chi connectivity index (χ1n) is 7.97. The minimum Gasteiger partial charge on any atom is -0.410 e. The van der Waals surface area contributed by atoms with Gasteiger partial charge in [0, 0.05) is 18.2 Å². The highest BCUT2D eigenvalue weighted by atomic mass is 32.2. The summed E-state index contributed by atoms with van der Waals surface area (Å²) in [7, 11) is -3.68. The molecule has 0 aliphatic carbocycles. The Morgan fingerprint density at radius 1 is 1.15 bits per heavy atom. The van der Waals surface area contributed by atoms with E-state index in [1.165, 1.54) is 18.2 Å². The number of sulfone groups is 1. The lowest BCUT2D eigenvalue weighted by Crippen LogP contribution is -2.30. The van der Waals surface area contributed by atoms with Gasteiger partial charge in [-0.3, -0.25) is 4.79 Å². The number of nitrogens with zero attached hydrogens (tertiary/aromatic N) is 2. The second kappa shape index (κ2) is 7.67. The maximum atomic E-state index is 13.4. The molecular formula is C18H16FN3O4S. The van der Waals surface area contributed by atoms with E-state index in [1.807, 2.05) is 30.3 Å². The fourth-order valence-electron chi connectivity index (χ4n) is 2.43. The van der Waals surface area contributed by atoms with Crippen molar-refractivity contribution in [2.75, 3.05) is 6.26 Å². The van der Waals surface area contributed by atoms with E-state index >= 15 is 0 Å². The lowest BCUT2D eigenvalue weighted by molar-refractivity contribution is 0.0928. The second-order valence-electron chi connectivity index (χ2n) is 5.90. The summed E-state index contributed by atoms with van der Waals surface area (Å²) in [6, 6.07) is 13.6. The largest absolute Gasteiger partial charge is 0.410 e. The van der Waals surface area contributed by atoms with Crippen molar-refractivity contribution in [3.63, 3.8) is 0 Å². The fraction of sp³-hybridized carbons (Fsp3) is 0.167. The number of benzene rings is 2. The van der Waals surface area contributed by atoms with Crippen LogP contribution in [0.5, 0.6) is 0 Å². The molecule has 0 fully saturated rings. The monoisotopic (exact) mass is 389 g/mol. The molecule has 2 aromatic carbocycles. The third-order valence-corrected chi connectivity index (χ3v) is 4.51. The maximum absolute atomic E-state index is 13.4. The number of carbonyl (C=O) groups is 1. The molecule has 0 unspecified atom stereocenters. The van der Waals surface area contributed by atoms with Crippen LogP contribution in [-0.2, 0) is 16.3 Å². The van der Waals surface area contributed by atoms with Gasteiger partial charge in [-0.2, -0.15) is 0 Å². The Morgan fingerprint density at radius 2 is 1.89 bits per heavy atom. The van der Waals surface area contributed by atoms with Crippen molar-refractivity contribution in [2.45, 2.75) is 17.7 Å². The number of rotatable bonds is 6. The molecule has 0 saturated carbocycles. The van der Waals surface area contributed by atoms with Crippen LogP contribution < -0.4 is 5.32 Å². The molecule has 1 amide bonds. The van der Waals surface area contributed by atoms with Crippen LogP contribution in [0.2, 0.25) is 0 Å². The Kier molecular flexibility index (Phi) is 5.31. The molecule has 3 aromatic rings. The van der Waals surface area contributed by atoms with Gasteiger partial charge in [0.25, 0.3) is 5.91 Å². The molecule has 1 heterocycles. The molecule has 0 saturated heterocycles. The zero-order chi connectivity index (χ0) is 19.4. The van der Waals surface area contributed by atoms with Crippen molar-refractivity contribution in [1.29, 1.82) is 0 Å². The predicted octanol–water partition coefficient (Wildman–Crippen LogP) is 2.33. The molecule has 1 N–H and O–H groups in total. The summed E-state index contributed by atoms with van der Waals surface area (Å²) in [4.78, 5) is 12.5. The molecule has 7 nitrogen and oxygen atoms in total. The van der Waals surface area contributed by atoms with Crippen LogP contribution in [0.4, 0.5) is 4.39 Å². The van der Waals surface area contributed by atoms with Gasteiger partial charge in [-0.1, -0.05) is 41.5 Å². The van der Waals surface area contributed by atoms with Crippen LogP contribution in [0.3, 0.4) is 0 Å². The second-order valence-corrected chi connectivity index (χ2v) is 7.80. The van der Waals surface area contributed by atoms with E-state index in [1.54, 1.807) is 0 Å². The SMILES string of the molecule is CS(=O)(=O)c1nnc([C@H](Cc2ccccc2)NC(=O)c2cccc(F)c2)o1. The number of nitrogens with one attached hydrogen (secondary N) is 1. The third-order valence-electron chi connectivity index (χ3n) is 3.71. The highest BCUT2D eigenvalue weighted by molar-refractivity contribution is 7.90. The quantitative estimate of drug-likeness (QED) is 0.694. The molecule has 0 aliphatic heterocycles. The molecule has 3 rings (SSSR count). The molecule has 140 valence electrons. The van der Waals surface area contributed by atoms with Crippen LogP contribution in [-0.4, -0.2) is 30.8 Å². The summed E-state index contributed by atoms with van der Waals surface area (Å²) in [5.74, 6) is -1.14. The van der Waals surface area contributed by atoms with E-state index in [0.717, 1.165) is 17.9 Å². The number of aromatic nitrogens is 2. The first kappa shape index (κ1) is 18.7. The predicted molar refractivity (Wildman–Crippen MR) is 94.2 cm³/mol. The normalized spacial score (nSPS) is 12.5. The number of amides is 1. The molecule has 0 aliphatic rings. The zero-order valence-electron chi connectivity index (χ0n) is 14.3. The Hall–Kier alpha value is -3.07. The highest BCUT2D eigenvalue weighted by Gasteiger charge is 2.25. The molecule has 0 spiro atoms. The van der Waals surface area contributed by atoms with Crippen LogP contribution in [0.25, 0.3) is 0 Å². The Balaban J connectivity index is 1.90. The summed E-state index contributed by atoms with van der Waals surface area (Å²) >= 11 is 0. The zero-order valence-corrected chi connectivity index (χ0v) is 15.1. The van der Waals surface area contributed by atoms with Gasteiger partial charge >= 0.3 is 5.22 Å². The lowest BCUT2D eigenvalue weighted by atomic mass is 10.1. The van der Waals surface area contributed by atoms with E-state index in [-0.39, 0.29) is 17.9 Å². The molecule has 9 heteroatoms. The average molecular weight is 389 g/mol. The van der Waals surface area contributed by atoms with Crippen molar-refractivity contribution >= 4 is 15.7 Å². The minimum atomic E-state index is -3.68. The Labute approximate surface area is 155 Å². The van der Waals surface area contributed by atoms with Crippen LogP contribution in [0.15, 0.2) is 64.2 Å². The van der Waals surface area contributed by atoms with Gasteiger partial charge in [0.05, 0.1) is 0 Å². The fourth-order valence-corrected chi connectivity index (χ4v) is 2.86. The lowest BCUT2D eigenvalue weighted by Gasteiger charge is -2.15. The van der Waals surface area contributed by atoms with Gasteiger partial charge in [-0.15, -0.1) is 5.10 Å². The summed E-state index contributed by atoms with van der Waals surface area (Å²) in [6.07, 6.45) is 1.23. The van der Waals surface area contributed by atoms with E-state index in [2.05, 4.69) is 15.5 Å². The summed E-state index contributed by atoms with van der Waals surface area (Å²) < 4.78 is 41.8. The standard InChI is InChI=1S/C18H16FN3O4S/c1-27(24,25)18-22-21-17(26-18)15(10-12-6-3-2-4-7-12)20-16(23)13-8-5-9-14(19)11-13/h2-9,11,15H,10H2,1H3,(H,20,23)/t15-/m0/s1. The van der Waals surface area contributed by atoms with Gasteiger partial charge in [-0.25, -0.2) is 12.8 Å². The minimum absolute atomic E-state index is 0.0518. The first-order valence-corrected chi connectivity index (χ1v) is 9.86. The summed E-state index contributed by atoms with van der Waals surface area (Å²) in [6.45, 7) is 0. The number of halogens is 1. The van der Waals surface area contributed by atoms with Gasteiger partial charge < -0.3 is 9.73 Å². The Morgan fingerprint density at radius 3 is 2.52 bits per heavy atom. The smallest absolute Gasteiger partial charge is 0.335 e. The van der Waals surface area contributed by atoms with Crippen LogP contribution in [0, 0.1) is 5.82 Å². The van der Waals surface area contributed by atoms with Gasteiger partial charge in [0.2, 0.25) is 15.7 Å². The van der Waals surface area contributed by atoms with Crippen molar-refractivity contribution < 1.29 is 22.0 Å². The molecule has 27 heavy (non-hydrogen) atoms. The van der Waals surface area contributed by atoms with E-state index < -0.39 is 32.8 Å². The van der Waals surface area contributed by atoms with Crippen LogP contribution >= 0.6 is 0 Å². The third kappa shape index (κ3) is 4.76. The van der Waals surface area contributed by atoms with Crippen molar-refractivity contribution in [3.05, 3.63) is 77.4 Å². The Bertz CT molecular complexity index is 1050.